The summed E-state index contributed by atoms with van der Waals surface area (Å²) in [6.07, 6.45) is 0.356. The van der Waals surface area contributed by atoms with Crippen molar-refractivity contribution in [2.75, 3.05) is 21.3 Å². The largest absolute Gasteiger partial charge is 0.497 e. The number of sulfonamides is 1. The Morgan fingerprint density at radius 3 is 2.22 bits per heavy atom. The molecule has 0 fully saturated rings. The first-order valence-corrected chi connectivity index (χ1v) is 11.5. The standard InChI is InChI=1S/C24H24N2O5S/c1-29-17-13-14-19(24(15-17)31-3)21-16-22(20-11-7-8-12-23(20)30-2)26(25-21)32(27,28)18-9-5-4-6-10-18/h4-15,22H,16H2,1-3H3. The zero-order valence-electron chi connectivity index (χ0n) is 18.1. The van der Waals surface area contributed by atoms with Crippen LogP contribution >= 0.6 is 0 Å². The monoisotopic (exact) mass is 452 g/mol. The van der Waals surface area contributed by atoms with E-state index in [1.54, 1.807) is 63.8 Å². The Balaban J connectivity index is 1.85. The van der Waals surface area contributed by atoms with Gasteiger partial charge in [-0.3, -0.25) is 0 Å². The second-order valence-electron chi connectivity index (χ2n) is 7.17. The molecule has 1 aliphatic rings. The lowest BCUT2D eigenvalue weighted by Crippen LogP contribution is -2.27. The second kappa shape index (κ2) is 8.92. The molecule has 7 nitrogen and oxygen atoms in total. The number of benzene rings is 3. The number of hydrogen-bond donors (Lipinski definition) is 0. The number of nitrogens with zero attached hydrogens (tertiary/aromatic N) is 2. The van der Waals surface area contributed by atoms with Crippen LogP contribution in [-0.2, 0) is 10.0 Å². The summed E-state index contributed by atoms with van der Waals surface area (Å²) in [6, 6.07) is 20.5. The summed E-state index contributed by atoms with van der Waals surface area (Å²) in [7, 11) is 0.794. The predicted molar refractivity (Wildman–Crippen MR) is 122 cm³/mol. The fourth-order valence-electron chi connectivity index (χ4n) is 3.78. The molecule has 32 heavy (non-hydrogen) atoms. The SMILES string of the molecule is COc1ccc(C2=NN(S(=O)(=O)c3ccccc3)C(c3ccccc3OC)C2)c(OC)c1. The number of para-hydroxylation sites is 1. The Morgan fingerprint density at radius 2 is 1.53 bits per heavy atom. The van der Waals surface area contributed by atoms with E-state index < -0.39 is 16.1 Å². The molecule has 166 valence electrons. The average molecular weight is 453 g/mol. The van der Waals surface area contributed by atoms with Crippen molar-refractivity contribution >= 4 is 15.7 Å². The summed E-state index contributed by atoms with van der Waals surface area (Å²) in [4.78, 5) is 0.173. The van der Waals surface area contributed by atoms with Gasteiger partial charge in [-0.05, 0) is 30.3 Å². The molecule has 0 radical (unpaired) electrons. The van der Waals surface area contributed by atoms with Crippen molar-refractivity contribution < 1.29 is 22.6 Å². The maximum atomic E-state index is 13.6. The molecule has 0 spiro atoms. The molecule has 8 heteroatoms. The molecule has 0 saturated heterocycles. The second-order valence-corrected chi connectivity index (χ2v) is 8.96. The lowest BCUT2D eigenvalue weighted by atomic mass is 9.98. The smallest absolute Gasteiger partial charge is 0.279 e. The van der Waals surface area contributed by atoms with E-state index in [-0.39, 0.29) is 4.90 Å². The third-order valence-corrected chi connectivity index (χ3v) is 7.07. The van der Waals surface area contributed by atoms with Gasteiger partial charge < -0.3 is 14.2 Å². The van der Waals surface area contributed by atoms with Crippen LogP contribution < -0.4 is 14.2 Å². The minimum absolute atomic E-state index is 0.173. The van der Waals surface area contributed by atoms with E-state index in [4.69, 9.17) is 14.2 Å². The lowest BCUT2D eigenvalue weighted by Gasteiger charge is -2.24. The molecule has 3 aromatic carbocycles. The molecule has 0 N–H and O–H groups in total. The van der Waals surface area contributed by atoms with Crippen molar-refractivity contribution in [2.45, 2.75) is 17.4 Å². The molecule has 4 rings (SSSR count). The van der Waals surface area contributed by atoms with Gasteiger partial charge in [-0.25, -0.2) is 0 Å². The van der Waals surface area contributed by atoms with Gasteiger partial charge in [-0.2, -0.15) is 17.9 Å². The lowest BCUT2D eigenvalue weighted by molar-refractivity contribution is 0.350. The maximum Gasteiger partial charge on any atom is 0.279 e. The molecule has 0 aliphatic carbocycles. The highest BCUT2D eigenvalue weighted by molar-refractivity contribution is 7.89. The van der Waals surface area contributed by atoms with Gasteiger partial charge in [0, 0.05) is 23.6 Å². The zero-order valence-corrected chi connectivity index (χ0v) is 18.9. The Bertz CT molecular complexity index is 1240. The van der Waals surface area contributed by atoms with E-state index in [1.165, 1.54) is 4.41 Å². The van der Waals surface area contributed by atoms with Crippen LogP contribution in [0.3, 0.4) is 0 Å². The zero-order chi connectivity index (χ0) is 22.7. The minimum atomic E-state index is -3.91. The molecular weight excluding hydrogens is 428 g/mol. The van der Waals surface area contributed by atoms with Gasteiger partial charge in [0.1, 0.15) is 17.2 Å². The summed E-state index contributed by atoms with van der Waals surface area (Å²) in [6.45, 7) is 0. The van der Waals surface area contributed by atoms with Crippen molar-refractivity contribution in [2.24, 2.45) is 5.10 Å². The van der Waals surface area contributed by atoms with Gasteiger partial charge in [0.2, 0.25) is 0 Å². The third kappa shape index (κ3) is 3.89. The van der Waals surface area contributed by atoms with Crippen molar-refractivity contribution in [3.8, 4) is 17.2 Å². The van der Waals surface area contributed by atoms with Crippen molar-refractivity contribution in [3.05, 3.63) is 83.9 Å². The topological polar surface area (TPSA) is 77.4 Å². The number of rotatable bonds is 7. The van der Waals surface area contributed by atoms with Gasteiger partial charge in [0.25, 0.3) is 10.0 Å². The number of ether oxygens (including phenoxy) is 3. The van der Waals surface area contributed by atoms with Crippen LogP contribution in [0.1, 0.15) is 23.6 Å². The van der Waals surface area contributed by atoms with Crippen LogP contribution in [-0.4, -0.2) is 39.9 Å². The fraction of sp³-hybridized carbons (Fsp3) is 0.208. The number of hydrogen-bond acceptors (Lipinski definition) is 6. The van der Waals surface area contributed by atoms with E-state index in [1.807, 2.05) is 30.3 Å². The highest BCUT2D eigenvalue weighted by Gasteiger charge is 2.39. The van der Waals surface area contributed by atoms with Crippen molar-refractivity contribution in [3.63, 3.8) is 0 Å². The Labute approximate surface area is 187 Å². The Morgan fingerprint density at radius 1 is 0.844 bits per heavy atom. The van der Waals surface area contributed by atoms with E-state index in [0.29, 0.717) is 34.9 Å². The van der Waals surface area contributed by atoms with Gasteiger partial charge in [0.15, 0.2) is 0 Å². The normalized spacial score (nSPS) is 15.9. The summed E-state index contributed by atoms with van der Waals surface area (Å²) in [5, 5.41) is 4.59. The van der Waals surface area contributed by atoms with E-state index in [9.17, 15) is 8.42 Å². The van der Waals surface area contributed by atoms with Gasteiger partial charge in [-0.1, -0.05) is 36.4 Å². The highest BCUT2D eigenvalue weighted by atomic mass is 32.2. The molecule has 0 aromatic heterocycles. The molecule has 0 saturated carbocycles. The van der Waals surface area contributed by atoms with E-state index in [2.05, 4.69) is 5.10 Å². The van der Waals surface area contributed by atoms with Crippen LogP contribution in [0.25, 0.3) is 0 Å². The number of methoxy groups -OCH3 is 3. The van der Waals surface area contributed by atoms with E-state index in [0.717, 1.165) is 5.56 Å². The number of hydrazone groups is 1. The van der Waals surface area contributed by atoms with Crippen molar-refractivity contribution in [1.29, 1.82) is 0 Å². The minimum Gasteiger partial charge on any atom is -0.497 e. The Kier molecular flexibility index (Phi) is 6.05. The quantitative estimate of drug-likeness (QED) is 0.536. The first-order chi connectivity index (χ1) is 15.5. The third-order valence-electron chi connectivity index (χ3n) is 5.38. The summed E-state index contributed by atoms with van der Waals surface area (Å²) < 4.78 is 44.7. The molecule has 1 atom stereocenters. The average Bonchev–Trinajstić information content (AvgIpc) is 3.30. The molecule has 0 bridgehead atoms. The summed E-state index contributed by atoms with van der Waals surface area (Å²) >= 11 is 0. The molecule has 1 aliphatic heterocycles. The van der Waals surface area contributed by atoms with Crippen LogP contribution in [0.2, 0.25) is 0 Å². The van der Waals surface area contributed by atoms with Gasteiger partial charge >= 0.3 is 0 Å². The Hall–Kier alpha value is -3.52. The predicted octanol–water partition coefficient (Wildman–Crippen LogP) is 4.25. The first kappa shape index (κ1) is 21.7. The van der Waals surface area contributed by atoms with Crippen LogP contribution in [0.5, 0.6) is 17.2 Å². The molecular formula is C24H24N2O5S. The van der Waals surface area contributed by atoms with Gasteiger partial charge in [0.05, 0.1) is 38.0 Å². The maximum absolute atomic E-state index is 13.6. The molecule has 1 unspecified atom stereocenters. The molecule has 3 aromatic rings. The molecule has 0 amide bonds. The molecule has 1 heterocycles. The van der Waals surface area contributed by atoms with Crippen molar-refractivity contribution in [1.82, 2.24) is 4.41 Å². The first-order valence-electron chi connectivity index (χ1n) is 10.0. The van der Waals surface area contributed by atoms with Crippen LogP contribution in [0.15, 0.2) is 82.8 Å². The van der Waals surface area contributed by atoms with Gasteiger partial charge in [-0.15, -0.1) is 0 Å². The van der Waals surface area contributed by atoms with Crippen LogP contribution in [0.4, 0.5) is 0 Å². The van der Waals surface area contributed by atoms with E-state index >= 15 is 0 Å². The summed E-state index contributed by atoms with van der Waals surface area (Å²) in [5.41, 5.74) is 2.04. The summed E-state index contributed by atoms with van der Waals surface area (Å²) in [5.74, 6) is 1.80. The fourth-order valence-corrected chi connectivity index (χ4v) is 5.23. The highest BCUT2D eigenvalue weighted by Crippen LogP contribution is 2.42. The van der Waals surface area contributed by atoms with Crippen LogP contribution in [0, 0.1) is 0 Å².